The molecule has 0 bridgehead atoms. The molecular weight excluding hydrogens is 206 g/mol. The van der Waals surface area contributed by atoms with Gasteiger partial charge >= 0.3 is 0 Å². The van der Waals surface area contributed by atoms with E-state index in [-0.39, 0.29) is 6.04 Å². The van der Waals surface area contributed by atoms with E-state index in [9.17, 15) is 0 Å². The molecule has 0 aliphatic rings. The van der Waals surface area contributed by atoms with Crippen molar-refractivity contribution in [2.75, 3.05) is 7.11 Å². The normalized spacial score (nSPS) is 12.4. The van der Waals surface area contributed by atoms with E-state index in [2.05, 4.69) is 15.3 Å². The average Bonchev–Trinajstić information content (AvgIpc) is 2.75. The third-order valence-corrected chi connectivity index (χ3v) is 2.40. The summed E-state index contributed by atoms with van der Waals surface area (Å²) in [6, 6.07) is 3.38. The minimum Gasteiger partial charge on any atom is -0.481 e. The highest BCUT2D eigenvalue weighted by Gasteiger charge is 2.13. The molecule has 0 radical (unpaired) electrons. The first-order valence-corrected chi connectivity index (χ1v) is 4.82. The molecule has 84 valence electrons. The summed E-state index contributed by atoms with van der Waals surface area (Å²) in [6.45, 7) is 0. The number of nitrogens with zero attached hydrogens (tertiary/aromatic N) is 4. The van der Waals surface area contributed by atoms with Gasteiger partial charge in [0.25, 0.3) is 0 Å². The van der Waals surface area contributed by atoms with Crippen LogP contribution in [0.3, 0.4) is 0 Å². The molecule has 2 heterocycles. The highest BCUT2D eigenvalue weighted by Crippen LogP contribution is 2.18. The van der Waals surface area contributed by atoms with Gasteiger partial charge in [0, 0.05) is 19.3 Å². The number of pyridine rings is 1. The van der Waals surface area contributed by atoms with Crippen LogP contribution >= 0.6 is 0 Å². The first-order valence-electron chi connectivity index (χ1n) is 4.82. The van der Waals surface area contributed by atoms with Gasteiger partial charge in [-0.1, -0.05) is 11.3 Å². The zero-order valence-electron chi connectivity index (χ0n) is 9.16. The van der Waals surface area contributed by atoms with E-state index in [0.29, 0.717) is 5.88 Å². The van der Waals surface area contributed by atoms with E-state index >= 15 is 0 Å². The van der Waals surface area contributed by atoms with Gasteiger partial charge in [0.2, 0.25) is 5.88 Å². The Bertz CT molecular complexity index is 464. The second-order valence-corrected chi connectivity index (χ2v) is 3.39. The topological polar surface area (TPSA) is 78.9 Å². The van der Waals surface area contributed by atoms with E-state index in [1.165, 1.54) is 0 Å². The molecule has 1 atom stereocenters. The molecule has 0 aliphatic carbocycles. The molecule has 0 amide bonds. The fourth-order valence-electron chi connectivity index (χ4n) is 1.45. The summed E-state index contributed by atoms with van der Waals surface area (Å²) in [4.78, 5) is 4.11. The van der Waals surface area contributed by atoms with Crippen molar-refractivity contribution in [3.05, 3.63) is 35.8 Å². The van der Waals surface area contributed by atoms with Gasteiger partial charge in [-0.2, -0.15) is 0 Å². The standard InChI is InChI=1S/C10H13N5O/c1-15-8(6-13-14-15)10(11)7-3-4-9(16-2)12-5-7/h3-6,10H,11H2,1-2H3. The van der Waals surface area contributed by atoms with Crippen molar-refractivity contribution < 1.29 is 4.74 Å². The summed E-state index contributed by atoms with van der Waals surface area (Å²) in [5.74, 6) is 0.569. The summed E-state index contributed by atoms with van der Waals surface area (Å²) in [7, 11) is 3.38. The van der Waals surface area contributed by atoms with Gasteiger partial charge < -0.3 is 10.5 Å². The molecule has 2 rings (SSSR count). The molecule has 6 heteroatoms. The molecule has 0 fully saturated rings. The van der Waals surface area contributed by atoms with Crippen LogP contribution in [-0.2, 0) is 7.05 Å². The summed E-state index contributed by atoms with van der Waals surface area (Å²) in [5, 5.41) is 7.63. The molecule has 2 aromatic rings. The largest absolute Gasteiger partial charge is 0.481 e. The van der Waals surface area contributed by atoms with Gasteiger partial charge in [0.15, 0.2) is 0 Å². The third-order valence-electron chi connectivity index (χ3n) is 2.40. The van der Waals surface area contributed by atoms with Gasteiger partial charge in [-0.25, -0.2) is 4.98 Å². The fraction of sp³-hybridized carbons (Fsp3) is 0.300. The molecule has 0 saturated carbocycles. The van der Waals surface area contributed by atoms with Crippen LogP contribution in [0.15, 0.2) is 24.5 Å². The lowest BCUT2D eigenvalue weighted by molar-refractivity contribution is 0.397. The Hall–Kier alpha value is -1.95. The van der Waals surface area contributed by atoms with E-state index in [4.69, 9.17) is 10.5 Å². The van der Waals surface area contributed by atoms with Crippen molar-refractivity contribution in [1.82, 2.24) is 20.0 Å². The van der Waals surface area contributed by atoms with Crippen molar-refractivity contribution in [2.45, 2.75) is 6.04 Å². The zero-order chi connectivity index (χ0) is 11.5. The number of rotatable bonds is 3. The minimum absolute atomic E-state index is 0.279. The highest BCUT2D eigenvalue weighted by molar-refractivity contribution is 5.26. The monoisotopic (exact) mass is 219 g/mol. The van der Waals surface area contributed by atoms with Gasteiger partial charge in [-0.3, -0.25) is 4.68 Å². The molecule has 0 aromatic carbocycles. The summed E-state index contributed by atoms with van der Waals surface area (Å²) in [6.07, 6.45) is 3.34. The first kappa shape index (κ1) is 10.6. The lowest BCUT2D eigenvalue weighted by atomic mass is 10.1. The van der Waals surface area contributed by atoms with Crippen molar-refractivity contribution >= 4 is 0 Å². The van der Waals surface area contributed by atoms with Crippen molar-refractivity contribution in [3.63, 3.8) is 0 Å². The number of ether oxygens (including phenoxy) is 1. The Balaban J connectivity index is 2.27. The van der Waals surface area contributed by atoms with E-state index in [1.807, 2.05) is 6.07 Å². The molecule has 2 N–H and O–H groups in total. The minimum atomic E-state index is -0.279. The number of hydrogen-bond donors (Lipinski definition) is 1. The SMILES string of the molecule is COc1ccc(C(N)c2cnnn2C)cn1. The molecule has 0 saturated heterocycles. The van der Waals surface area contributed by atoms with E-state index in [1.54, 1.807) is 37.3 Å². The Morgan fingerprint density at radius 1 is 1.38 bits per heavy atom. The molecule has 2 aromatic heterocycles. The van der Waals surface area contributed by atoms with Gasteiger partial charge in [0.05, 0.1) is 25.0 Å². The van der Waals surface area contributed by atoms with Crippen LogP contribution in [0.4, 0.5) is 0 Å². The van der Waals surface area contributed by atoms with Crippen LogP contribution in [0.5, 0.6) is 5.88 Å². The number of hydrogen-bond acceptors (Lipinski definition) is 5. The number of aromatic nitrogens is 4. The van der Waals surface area contributed by atoms with Gasteiger partial charge in [-0.15, -0.1) is 5.10 Å². The van der Waals surface area contributed by atoms with Crippen molar-refractivity contribution in [1.29, 1.82) is 0 Å². The molecule has 1 unspecified atom stereocenters. The summed E-state index contributed by atoms with van der Waals surface area (Å²) < 4.78 is 6.63. The zero-order valence-corrected chi connectivity index (χ0v) is 9.16. The van der Waals surface area contributed by atoms with Crippen LogP contribution < -0.4 is 10.5 Å². The number of nitrogens with two attached hydrogens (primary N) is 1. The first-order chi connectivity index (χ1) is 7.72. The second-order valence-electron chi connectivity index (χ2n) is 3.39. The van der Waals surface area contributed by atoms with E-state index in [0.717, 1.165) is 11.3 Å². The van der Waals surface area contributed by atoms with Gasteiger partial charge in [-0.05, 0) is 5.56 Å². The van der Waals surface area contributed by atoms with E-state index < -0.39 is 0 Å². The number of methoxy groups -OCH3 is 1. The second kappa shape index (κ2) is 4.28. The predicted molar refractivity (Wildman–Crippen MR) is 57.8 cm³/mol. The van der Waals surface area contributed by atoms with Crippen LogP contribution in [0.25, 0.3) is 0 Å². The Morgan fingerprint density at radius 2 is 2.19 bits per heavy atom. The van der Waals surface area contributed by atoms with Gasteiger partial charge in [0.1, 0.15) is 0 Å². The smallest absolute Gasteiger partial charge is 0.212 e. The average molecular weight is 219 g/mol. The van der Waals surface area contributed by atoms with Crippen LogP contribution in [0, 0.1) is 0 Å². The van der Waals surface area contributed by atoms with Crippen molar-refractivity contribution in [2.24, 2.45) is 12.8 Å². The summed E-state index contributed by atoms with van der Waals surface area (Å²) >= 11 is 0. The molecule has 6 nitrogen and oxygen atoms in total. The lowest BCUT2D eigenvalue weighted by Gasteiger charge is -2.11. The lowest BCUT2D eigenvalue weighted by Crippen LogP contribution is -2.16. The maximum Gasteiger partial charge on any atom is 0.212 e. The molecular formula is C10H13N5O. The quantitative estimate of drug-likeness (QED) is 0.801. The fourth-order valence-corrected chi connectivity index (χ4v) is 1.45. The molecule has 0 spiro atoms. The predicted octanol–water partition coefficient (Wildman–Crippen LogP) is 0.267. The maximum absolute atomic E-state index is 6.07. The van der Waals surface area contributed by atoms with Crippen LogP contribution in [0.1, 0.15) is 17.3 Å². The molecule has 16 heavy (non-hydrogen) atoms. The van der Waals surface area contributed by atoms with Crippen LogP contribution in [-0.4, -0.2) is 27.1 Å². The third kappa shape index (κ3) is 1.87. The Kier molecular flexibility index (Phi) is 2.82. The highest BCUT2D eigenvalue weighted by atomic mass is 16.5. The Morgan fingerprint density at radius 3 is 2.69 bits per heavy atom. The maximum atomic E-state index is 6.07. The number of aryl methyl sites for hydroxylation is 1. The molecule has 0 aliphatic heterocycles. The van der Waals surface area contributed by atoms with Crippen molar-refractivity contribution in [3.8, 4) is 5.88 Å². The van der Waals surface area contributed by atoms with Crippen LogP contribution in [0.2, 0.25) is 0 Å². The Labute approximate surface area is 93.1 Å². The summed E-state index contributed by atoms with van der Waals surface area (Å²) in [5.41, 5.74) is 7.81.